The topological polar surface area (TPSA) is 164 Å². The first kappa shape index (κ1) is 81.1. The van der Waals surface area contributed by atoms with Crippen LogP contribution in [0.2, 0.25) is 0 Å². The van der Waals surface area contributed by atoms with Gasteiger partial charge in [-0.1, -0.05) is 0 Å². The van der Waals surface area contributed by atoms with E-state index in [2.05, 4.69) is 28.4 Å². The van der Waals surface area contributed by atoms with Gasteiger partial charge in [0.2, 0.25) is 0 Å². The molecule has 0 bridgehead atoms. The molecule has 0 spiro atoms. The van der Waals surface area contributed by atoms with Crippen LogP contribution >= 0.6 is 0 Å². The highest BCUT2D eigenvalue weighted by Crippen LogP contribution is 2.62. The first-order chi connectivity index (χ1) is 35.9. The second kappa shape index (κ2) is 22.8. The van der Waals surface area contributed by atoms with Crippen molar-refractivity contribution in [3.8, 4) is 0 Å². The van der Waals surface area contributed by atoms with Crippen molar-refractivity contribution in [3.63, 3.8) is 0 Å². The monoisotopic (exact) mass is 1340 g/mol. The molecule has 0 aromatic heterocycles. The van der Waals surface area contributed by atoms with Crippen LogP contribution in [0.5, 0.6) is 0 Å². The Kier molecular flexibility index (Phi) is 22.1. The molecule has 4 N–H and O–H groups in total. The van der Waals surface area contributed by atoms with Crippen LogP contribution < -0.4 is 0 Å². The van der Waals surface area contributed by atoms with Crippen LogP contribution in [0.3, 0.4) is 0 Å². The van der Waals surface area contributed by atoms with Crippen molar-refractivity contribution < 1.29 is 212 Å². The lowest BCUT2D eigenvalue weighted by Gasteiger charge is -2.49. The summed E-state index contributed by atoms with van der Waals surface area (Å²) >= 11 is 0. The fourth-order valence-electron chi connectivity index (χ4n) is 5.20. The van der Waals surface area contributed by atoms with E-state index in [1.165, 1.54) is 0 Å². The molecular formula is C37H42F34O13. The maximum absolute atomic E-state index is 16.8. The lowest BCUT2D eigenvalue weighted by Crippen LogP contribution is -2.74. The average Bonchev–Trinajstić information content (AvgIpc) is 3.22. The van der Waals surface area contributed by atoms with Gasteiger partial charge in [0.15, 0.2) is 0 Å². The molecule has 0 aliphatic carbocycles. The Bertz CT molecular complexity index is 2230. The molecule has 0 saturated carbocycles. The zero-order chi connectivity index (χ0) is 68.7. The predicted octanol–water partition coefficient (Wildman–Crippen LogP) is 12.0. The highest BCUT2D eigenvalue weighted by molar-refractivity contribution is 5.04. The highest BCUT2D eigenvalue weighted by atomic mass is 19.4. The summed E-state index contributed by atoms with van der Waals surface area (Å²) in [5.74, 6) is -49.5. The van der Waals surface area contributed by atoms with Gasteiger partial charge in [0, 0.05) is 0 Å². The first-order valence-corrected chi connectivity index (χ1v) is 21.0. The smallest absolute Gasteiger partial charge is 0.390 e. The molecule has 0 aromatic carbocycles. The number of aliphatic hydroxyl groups is 4. The van der Waals surface area contributed by atoms with Gasteiger partial charge < -0.3 is 44.1 Å². The summed E-state index contributed by atoms with van der Waals surface area (Å²) in [6.45, 7) is -20.7. The predicted molar refractivity (Wildman–Crippen MR) is 195 cm³/mol. The van der Waals surface area contributed by atoms with Crippen molar-refractivity contribution in [1.82, 2.24) is 0 Å². The normalized spacial score (nSPS) is 17.9. The third-order valence-corrected chi connectivity index (χ3v) is 10.8. The maximum Gasteiger partial charge on any atom is 0.453 e. The molecule has 0 aliphatic heterocycles. The Balaban J connectivity index is 9.26. The van der Waals surface area contributed by atoms with Crippen LogP contribution in [0.15, 0.2) is 0 Å². The molecule has 0 heterocycles. The maximum atomic E-state index is 16.8. The Labute approximate surface area is 445 Å². The van der Waals surface area contributed by atoms with Gasteiger partial charge in [-0.2, -0.15) is 123 Å². The Hall–Kier alpha value is -2.90. The highest BCUT2D eigenvalue weighted by Gasteiger charge is 2.89. The molecule has 0 amide bonds. The summed E-state index contributed by atoms with van der Waals surface area (Å²) in [4.78, 5) is 0. The van der Waals surface area contributed by atoms with Crippen molar-refractivity contribution in [1.29, 1.82) is 0 Å². The molecule has 0 fully saturated rings. The van der Waals surface area contributed by atoms with E-state index >= 15 is 70.2 Å². The molecular weight excluding hydrogens is 1300 g/mol. The minimum atomic E-state index is -9.29. The van der Waals surface area contributed by atoms with Gasteiger partial charge in [-0.05, 0) is 69.2 Å². The van der Waals surface area contributed by atoms with E-state index in [1.807, 2.05) is 0 Å². The second-order valence-corrected chi connectivity index (χ2v) is 19.4. The van der Waals surface area contributed by atoms with Gasteiger partial charge >= 0.3 is 90.7 Å². The molecule has 506 valence electrons. The van der Waals surface area contributed by atoms with Gasteiger partial charge in [0.1, 0.15) is 54.4 Å². The number of hydrogen-bond acceptors (Lipinski definition) is 13. The summed E-state index contributed by atoms with van der Waals surface area (Å²) < 4.78 is 533. The van der Waals surface area contributed by atoms with Gasteiger partial charge in [0.25, 0.3) is 17.8 Å². The molecule has 2 unspecified atom stereocenters. The number of ether oxygens (including phenoxy) is 9. The summed E-state index contributed by atoms with van der Waals surface area (Å²) in [7, 11) is 0. The zero-order valence-corrected chi connectivity index (χ0v) is 42.6. The third-order valence-electron chi connectivity index (χ3n) is 10.8. The molecule has 2 atom stereocenters. The van der Waals surface area contributed by atoms with E-state index < -0.39 is 232 Å². The Morgan fingerprint density at radius 3 is 0.583 bits per heavy atom. The van der Waals surface area contributed by atoms with Gasteiger partial charge in [-0.15, -0.1) is 0 Å². The van der Waals surface area contributed by atoms with E-state index in [0.717, 1.165) is 0 Å². The lowest BCUT2D eigenvalue weighted by molar-refractivity contribution is -0.600. The standard InChI is InChI=1S/C37H42F34O13/c1-15(2,20(38,39)11-72)78-28(52,53)24(46,47)18(7,8)76-26(50,32(60,61)83-36(68,69)34(64,65)79-16(3,4)21(40,41)12-73)30(56,57)82-31(58,59)27(51,77-19(9,10)25(48,49)29(54,55)81-23(44,45)14-75)33(62,63)84-37(70,71)35(66,67)80-17(5,6)22(42,43)13-74/h72-75H,11-14H2,1-10H3. The number of aliphatic hydroxyl groups excluding tert-OH is 4. The lowest BCUT2D eigenvalue weighted by atomic mass is 9.96. The first-order valence-electron chi connectivity index (χ1n) is 21.0. The van der Waals surface area contributed by atoms with Crippen LogP contribution in [0.25, 0.3) is 0 Å². The quantitative estimate of drug-likeness (QED) is 0.0444. The van der Waals surface area contributed by atoms with Crippen molar-refractivity contribution in [2.24, 2.45) is 0 Å². The number of rotatable bonds is 35. The fourth-order valence-corrected chi connectivity index (χ4v) is 5.20. The number of hydrogen-bond donors (Lipinski definition) is 4. The summed E-state index contributed by atoms with van der Waals surface area (Å²) in [5, 5.41) is 34.5. The fraction of sp³-hybridized carbons (Fsp3) is 1.00. The summed E-state index contributed by atoms with van der Waals surface area (Å²) in [6.07, 6.45) is -89.4. The third kappa shape index (κ3) is 14.9. The van der Waals surface area contributed by atoms with Crippen LogP contribution in [-0.2, 0) is 42.6 Å². The van der Waals surface area contributed by atoms with Gasteiger partial charge in [-0.25, -0.2) is 45.3 Å². The van der Waals surface area contributed by atoms with Crippen molar-refractivity contribution >= 4 is 0 Å². The van der Waals surface area contributed by atoms with Crippen molar-refractivity contribution in [2.45, 2.75) is 206 Å². The number of halogens is 34. The SMILES string of the molecule is CC(C)(OC(F)(F)C(F)(F)OC(F)(F)C(F)(OC(C)(C)C(F)(F)C(F)(F)OC(F)(F)CO)C(F)(F)OC(F)(F)C(F)(OC(C)(C)C(F)(F)C(F)(F)OC(C)(C)C(F)(F)CO)C(F)(F)OC(F)(F)C(F)(F)OC(C)(C)C(F)(F)CO)C(F)(F)CO. The molecule has 47 heteroatoms. The Morgan fingerprint density at radius 1 is 0.202 bits per heavy atom. The van der Waals surface area contributed by atoms with E-state index in [0.29, 0.717) is 0 Å². The van der Waals surface area contributed by atoms with E-state index in [-0.39, 0.29) is 0 Å². The van der Waals surface area contributed by atoms with E-state index in [4.69, 9.17) is 20.4 Å². The molecule has 0 saturated heterocycles. The van der Waals surface area contributed by atoms with Crippen LogP contribution in [-0.4, -0.2) is 183 Å². The average molecular weight is 1340 g/mol. The van der Waals surface area contributed by atoms with E-state index in [1.54, 1.807) is 14.2 Å². The zero-order valence-electron chi connectivity index (χ0n) is 42.6. The Morgan fingerprint density at radius 2 is 0.381 bits per heavy atom. The van der Waals surface area contributed by atoms with Gasteiger partial charge in [-0.3, -0.25) is 0 Å². The molecule has 0 aliphatic rings. The number of alkyl halides is 34. The minimum absolute atomic E-state index is 0.463. The summed E-state index contributed by atoms with van der Waals surface area (Å²) in [6, 6.07) is 0. The largest absolute Gasteiger partial charge is 0.453 e. The molecule has 13 nitrogen and oxygen atoms in total. The van der Waals surface area contributed by atoms with E-state index in [9.17, 15) is 79.0 Å². The second-order valence-electron chi connectivity index (χ2n) is 19.4. The minimum Gasteiger partial charge on any atom is -0.390 e. The van der Waals surface area contributed by atoms with Crippen LogP contribution in [0.1, 0.15) is 69.2 Å². The molecule has 0 radical (unpaired) electrons. The van der Waals surface area contributed by atoms with Gasteiger partial charge in [0.05, 0.1) is 0 Å². The summed E-state index contributed by atoms with van der Waals surface area (Å²) in [5.41, 5.74) is -26.0. The van der Waals surface area contributed by atoms with Crippen molar-refractivity contribution in [3.05, 3.63) is 0 Å². The molecule has 0 rings (SSSR count). The van der Waals surface area contributed by atoms with Crippen LogP contribution in [0, 0.1) is 0 Å². The molecule has 0 aromatic rings. The van der Waals surface area contributed by atoms with Crippen molar-refractivity contribution in [2.75, 3.05) is 26.4 Å². The molecule has 84 heavy (non-hydrogen) atoms. The van der Waals surface area contributed by atoms with Crippen LogP contribution in [0.4, 0.5) is 149 Å².